The molecular weight excluding hydrogens is 621 g/mol. The number of hydrogen-bond donors (Lipinski definition) is 1. The zero-order chi connectivity index (χ0) is 31.7. The van der Waals surface area contributed by atoms with Crippen molar-refractivity contribution in [3.63, 3.8) is 0 Å². The normalized spacial score (nSPS) is 11.8. The SMILES string of the molecule is CCOc1ccc(S(=O)(=O)N(CC(=O)N(Cc2ccc(Cl)c(Cl)c2)C(Cc2ccccc2)C(=O)NC)c2ccccc2)cc1. The first-order chi connectivity index (χ1) is 21.1. The van der Waals surface area contributed by atoms with Crippen LogP contribution in [0.2, 0.25) is 10.0 Å². The molecule has 0 fully saturated rings. The summed E-state index contributed by atoms with van der Waals surface area (Å²) in [4.78, 5) is 29.0. The first-order valence-corrected chi connectivity index (χ1v) is 16.1. The van der Waals surface area contributed by atoms with Gasteiger partial charge in [-0.05, 0) is 66.6 Å². The highest BCUT2D eigenvalue weighted by atomic mass is 35.5. The Labute approximate surface area is 268 Å². The molecule has 0 saturated carbocycles. The smallest absolute Gasteiger partial charge is 0.264 e. The van der Waals surface area contributed by atoms with Crippen molar-refractivity contribution in [2.24, 2.45) is 0 Å². The second kappa shape index (κ2) is 15.1. The van der Waals surface area contributed by atoms with E-state index in [4.69, 9.17) is 27.9 Å². The molecule has 44 heavy (non-hydrogen) atoms. The highest BCUT2D eigenvalue weighted by molar-refractivity contribution is 7.92. The Morgan fingerprint density at radius 2 is 1.48 bits per heavy atom. The minimum absolute atomic E-state index is 0.0132. The number of nitrogens with one attached hydrogen (secondary N) is 1. The van der Waals surface area contributed by atoms with Gasteiger partial charge in [-0.3, -0.25) is 13.9 Å². The molecule has 1 unspecified atom stereocenters. The predicted octanol–water partition coefficient (Wildman–Crippen LogP) is 5.97. The van der Waals surface area contributed by atoms with Gasteiger partial charge in [0, 0.05) is 20.0 Å². The molecule has 230 valence electrons. The zero-order valence-corrected chi connectivity index (χ0v) is 26.6. The number of carbonyl (C=O) groups is 2. The molecule has 11 heteroatoms. The summed E-state index contributed by atoms with van der Waals surface area (Å²) in [6.45, 7) is 1.68. The van der Waals surface area contributed by atoms with E-state index in [1.807, 2.05) is 37.3 Å². The van der Waals surface area contributed by atoms with Crippen LogP contribution in [0, 0.1) is 0 Å². The van der Waals surface area contributed by atoms with E-state index in [1.54, 1.807) is 60.7 Å². The molecule has 4 aromatic rings. The van der Waals surface area contributed by atoms with Crippen LogP contribution in [-0.4, -0.2) is 51.4 Å². The summed E-state index contributed by atoms with van der Waals surface area (Å²) in [5.74, 6) is -0.460. The van der Waals surface area contributed by atoms with E-state index in [0.717, 1.165) is 9.87 Å². The van der Waals surface area contributed by atoms with Gasteiger partial charge in [-0.1, -0.05) is 77.8 Å². The third-order valence-corrected chi connectivity index (χ3v) is 9.43. The van der Waals surface area contributed by atoms with E-state index in [0.29, 0.717) is 33.7 Å². The van der Waals surface area contributed by atoms with Crippen LogP contribution < -0.4 is 14.4 Å². The molecule has 0 saturated heterocycles. The van der Waals surface area contributed by atoms with E-state index in [-0.39, 0.29) is 17.9 Å². The molecule has 4 aromatic carbocycles. The van der Waals surface area contributed by atoms with Crippen LogP contribution in [0.1, 0.15) is 18.1 Å². The third-order valence-electron chi connectivity index (χ3n) is 6.90. The number of likely N-dealkylation sites (N-methyl/N-ethyl adjacent to an activating group) is 1. The van der Waals surface area contributed by atoms with Gasteiger partial charge in [-0.25, -0.2) is 8.42 Å². The van der Waals surface area contributed by atoms with E-state index >= 15 is 0 Å². The Morgan fingerprint density at radius 1 is 0.841 bits per heavy atom. The molecule has 0 aromatic heterocycles. The number of sulfonamides is 1. The second-order valence-electron chi connectivity index (χ2n) is 9.84. The largest absolute Gasteiger partial charge is 0.494 e. The monoisotopic (exact) mass is 653 g/mol. The summed E-state index contributed by atoms with van der Waals surface area (Å²) >= 11 is 12.4. The summed E-state index contributed by atoms with van der Waals surface area (Å²) in [5, 5.41) is 3.30. The number of ether oxygens (including phenoxy) is 1. The number of rotatable bonds is 13. The Hall–Kier alpha value is -4.05. The van der Waals surface area contributed by atoms with Gasteiger partial charge in [-0.2, -0.15) is 0 Å². The Kier molecular flexibility index (Phi) is 11.3. The molecule has 0 radical (unpaired) electrons. The first kappa shape index (κ1) is 32.9. The van der Waals surface area contributed by atoms with Crippen LogP contribution in [0.3, 0.4) is 0 Å². The van der Waals surface area contributed by atoms with Crippen LogP contribution in [0.5, 0.6) is 5.75 Å². The molecule has 0 heterocycles. The summed E-state index contributed by atoms with van der Waals surface area (Å²) in [7, 11) is -2.72. The fourth-order valence-electron chi connectivity index (χ4n) is 4.68. The number of hydrogen-bond acceptors (Lipinski definition) is 5. The fourth-order valence-corrected chi connectivity index (χ4v) is 6.41. The molecule has 0 aliphatic carbocycles. The van der Waals surface area contributed by atoms with Crippen molar-refractivity contribution < 1.29 is 22.7 Å². The molecular formula is C33H33Cl2N3O5S. The van der Waals surface area contributed by atoms with Gasteiger partial charge in [0.2, 0.25) is 11.8 Å². The molecule has 4 rings (SSSR count). The predicted molar refractivity (Wildman–Crippen MR) is 174 cm³/mol. The molecule has 0 aliphatic rings. The van der Waals surface area contributed by atoms with Crippen LogP contribution >= 0.6 is 23.2 Å². The minimum Gasteiger partial charge on any atom is -0.494 e. The van der Waals surface area contributed by atoms with Crippen molar-refractivity contribution in [2.75, 3.05) is 24.5 Å². The zero-order valence-electron chi connectivity index (χ0n) is 24.3. The van der Waals surface area contributed by atoms with E-state index in [2.05, 4.69) is 5.32 Å². The lowest BCUT2D eigenvalue weighted by Crippen LogP contribution is -2.53. The van der Waals surface area contributed by atoms with Gasteiger partial charge in [0.05, 0.1) is 27.2 Å². The minimum atomic E-state index is -4.22. The number of halogens is 2. The summed E-state index contributed by atoms with van der Waals surface area (Å²) in [6.07, 6.45) is 0.199. The van der Waals surface area contributed by atoms with Crippen molar-refractivity contribution in [3.05, 3.63) is 124 Å². The highest BCUT2D eigenvalue weighted by Crippen LogP contribution is 2.27. The van der Waals surface area contributed by atoms with E-state index < -0.39 is 34.4 Å². The Morgan fingerprint density at radius 3 is 2.07 bits per heavy atom. The van der Waals surface area contributed by atoms with Crippen molar-refractivity contribution in [3.8, 4) is 5.75 Å². The highest BCUT2D eigenvalue weighted by Gasteiger charge is 2.34. The van der Waals surface area contributed by atoms with Crippen LogP contribution in [0.4, 0.5) is 5.69 Å². The third kappa shape index (κ3) is 8.11. The average molecular weight is 655 g/mol. The topological polar surface area (TPSA) is 96.0 Å². The number of anilines is 1. The first-order valence-electron chi connectivity index (χ1n) is 13.9. The van der Waals surface area contributed by atoms with Gasteiger partial charge in [0.15, 0.2) is 0 Å². The number of benzene rings is 4. The van der Waals surface area contributed by atoms with Gasteiger partial charge in [0.1, 0.15) is 18.3 Å². The molecule has 8 nitrogen and oxygen atoms in total. The van der Waals surface area contributed by atoms with Crippen molar-refractivity contribution in [1.82, 2.24) is 10.2 Å². The molecule has 1 N–H and O–H groups in total. The van der Waals surface area contributed by atoms with Crippen LogP contribution in [0.25, 0.3) is 0 Å². The maximum absolute atomic E-state index is 14.3. The lowest BCUT2D eigenvalue weighted by Gasteiger charge is -2.33. The standard InChI is InChI=1S/C33H33Cl2N3O5S/c1-3-43-27-15-17-28(18-16-27)44(41,42)38(26-12-8-5-9-13-26)23-32(39)37(22-25-14-19-29(34)30(35)20-25)31(33(40)36-2)21-24-10-6-4-7-11-24/h4-20,31H,3,21-23H2,1-2H3,(H,36,40). The number of nitrogens with zero attached hydrogens (tertiary/aromatic N) is 2. The van der Waals surface area contributed by atoms with Crippen molar-refractivity contribution in [2.45, 2.75) is 30.8 Å². The number of amides is 2. The maximum atomic E-state index is 14.3. The van der Waals surface area contributed by atoms with Crippen molar-refractivity contribution >= 4 is 50.7 Å². The van der Waals surface area contributed by atoms with E-state index in [1.165, 1.54) is 24.1 Å². The van der Waals surface area contributed by atoms with Gasteiger partial charge < -0.3 is 15.0 Å². The molecule has 0 spiro atoms. The Bertz CT molecular complexity index is 1670. The lowest BCUT2D eigenvalue weighted by atomic mass is 10.0. The van der Waals surface area contributed by atoms with Crippen LogP contribution in [-0.2, 0) is 32.6 Å². The van der Waals surface area contributed by atoms with Gasteiger partial charge in [-0.15, -0.1) is 0 Å². The summed E-state index contributed by atoms with van der Waals surface area (Å²) < 4.78 is 34.6. The van der Waals surface area contributed by atoms with E-state index in [9.17, 15) is 18.0 Å². The Balaban J connectivity index is 1.76. The summed E-state index contributed by atoms with van der Waals surface area (Å²) in [5.41, 5.74) is 1.74. The fraction of sp³-hybridized carbons (Fsp3) is 0.212. The molecule has 1 atom stereocenters. The molecule has 0 bridgehead atoms. The van der Waals surface area contributed by atoms with Crippen LogP contribution in [0.15, 0.2) is 108 Å². The average Bonchev–Trinajstić information content (AvgIpc) is 3.04. The number of para-hydroxylation sites is 1. The summed E-state index contributed by atoms with van der Waals surface area (Å²) in [6, 6.07) is 27.7. The molecule has 0 aliphatic heterocycles. The maximum Gasteiger partial charge on any atom is 0.264 e. The lowest BCUT2D eigenvalue weighted by molar-refractivity contribution is -0.139. The van der Waals surface area contributed by atoms with Crippen molar-refractivity contribution in [1.29, 1.82) is 0 Å². The van der Waals surface area contributed by atoms with Gasteiger partial charge in [0.25, 0.3) is 10.0 Å². The van der Waals surface area contributed by atoms with Gasteiger partial charge >= 0.3 is 0 Å². The molecule has 2 amide bonds. The number of carbonyl (C=O) groups excluding carboxylic acids is 2. The second-order valence-corrected chi connectivity index (χ2v) is 12.5. The quantitative estimate of drug-likeness (QED) is 0.192.